The Bertz CT molecular complexity index is 1120. The van der Waals surface area contributed by atoms with Crippen LogP contribution in [0.3, 0.4) is 0 Å². The SMILES string of the molecule is COc1ccc(CN2Cc3c(ccc(Br)c3OCc3ccccc3)S2(=O)=O)cc1. The van der Waals surface area contributed by atoms with Crippen molar-refractivity contribution in [2.75, 3.05) is 7.11 Å². The lowest BCUT2D eigenvalue weighted by Crippen LogP contribution is -2.23. The van der Waals surface area contributed by atoms with Crippen LogP contribution in [0.1, 0.15) is 16.7 Å². The van der Waals surface area contributed by atoms with E-state index in [-0.39, 0.29) is 13.1 Å². The van der Waals surface area contributed by atoms with Gasteiger partial charge in [-0.3, -0.25) is 0 Å². The van der Waals surface area contributed by atoms with Gasteiger partial charge in [-0.25, -0.2) is 8.42 Å². The fourth-order valence-corrected chi connectivity index (χ4v) is 5.43. The lowest BCUT2D eigenvalue weighted by atomic mass is 10.1. The number of rotatable bonds is 6. The zero-order valence-corrected chi connectivity index (χ0v) is 18.2. The number of methoxy groups -OCH3 is 1. The Hall–Kier alpha value is -2.35. The number of nitrogens with zero attached hydrogens (tertiary/aromatic N) is 1. The minimum Gasteiger partial charge on any atom is -0.497 e. The summed E-state index contributed by atoms with van der Waals surface area (Å²) in [6.45, 7) is 0.929. The summed E-state index contributed by atoms with van der Waals surface area (Å²) in [5.41, 5.74) is 2.60. The predicted molar refractivity (Wildman–Crippen MR) is 114 cm³/mol. The van der Waals surface area contributed by atoms with Crippen LogP contribution in [-0.4, -0.2) is 19.8 Å². The molecule has 0 radical (unpaired) electrons. The minimum atomic E-state index is -3.58. The van der Waals surface area contributed by atoms with Crippen molar-refractivity contribution in [3.8, 4) is 11.5 Å². The molecule has 0 spiro atoms. The third kappa shape index (κ3) is 4.03. The second-order valence-electron chi connectivity index (χ2n) is 6.75. The molecule has 3 aromatic rings. The first kappa shape index (κ1) is 19.9. The van der Waals surface area contributed by atoms with E-state index in [1.54, 1.807) is 19.2 Å². The molecule has 0 bridgehead atoms. The van der Waals surface area contributed by atoms with Crippen molar-refractivity contribution in [3.63, 3.8) is 0 Å². The smallest absolute Gasteiger partial charge is 0.244 e. The Kier molecular flexibility index (Phi) is 5.63. The summed E-state index contributed by atoms with van der Waals surface area (Å²) in [4.78, 5) is 0.303. The lowest BCUT2D eigenvalue weighted by Gasteiger charge is -2.15. The van der Waals surface area contributed by atoms with Crippen LogP contribution in [0.2, 0.25) is 0 Å². The number of hydrogen-bond donors (Lipinski definition) is 0. The van der Waals surface area contributed by atoms with Crippen LogP contribution < -0.4 is 9.47 Å². The highest BCUT2D eigenvalue weighted by atomic mass is 79.9. The van der Waals surface area contributed by atoms with Crippen LogP contribution in [-0.2, 0) is 29.7 Å². The number of sulfonamides is 1. The molecule has 0 N–H and O–H groups in total. The number of ether oxygens (including phenoxy) is 2. The highest BCUT2D eigenvalue weighted by Crippen LogP contribution is 2.41. The van der Waals surface area contributed by atoms with Crippen LogP contribution in [0.15, 0.2) is 76.1 Å². The molecule has 0 amide bonds. The molecule has 0 aromatic heterocycles. The Morgan fingerprint density at radius 3 is 2.38 bits per heavy atom. The fraction of sp³-hybridized carbons (Fsp3) is 0.182. The van der Waals surface area contributed by atoms with Crippen molar-refractivity contribution < 1.29 is 17.9 Å². The van der Waals surface area contributed by atoms with E-state index < -0.39 is 10.0 Å². The van der Waals surface area contributed by atoms with Crippen molar-refractivity contribution in [3.05, 3.63) is 87.9 Å². The van der Waals surface area contributed by atoms with E-state index in [1.807, 2.05) is 54.6 Å². The molecule has 4 rings (SSSR count). The summed E-state index contributed by atoms with van der Waals surface area (Å²) < 4.78 is 39.6. The summed E-state index contributed by atoms with van der Waals surface area (Å²) in [5.74, 6) is 1.31. The van der Waals surface area contributed by atoms with E-state index in [0.717, 1.165) is 21.3 Å². The first-order chi connectivity index (χ1) is 14.0. The third-order valence-corrected chi connectivity index (χ3v) is 7.37. The molecule has 7 heteroatoms. The van der Waals surface area contributed by atoms with Gasteiger partial charge in [0.15, 0.2) is 0 Å². The first-order valence-electron chi connectivity index (χ1n) is 9.10. The maximum absolute atomic E-state index is 13.1. The molecular formula is C22H20BrNO4S. The quantitative estimate of drug-likeness (QED) is 0.518. The van der Waals surface area contributed by atoms with Gasteiger partial charge in [0.25, 0.3) is 0 Å². The summed E-state index contributed by atoms with van der Waals surface area (Å²) in [6, 6.07) is 20.6. The van der Waals surface area contributed by atoms with Gasteiger partial charge in [-0.2, -0.15) is 4.31 Å². The van der Waals surface area contributed by atoms with Gasteiger partial charge in [0.2, 0.25) is 10.0 Å². The number of halogens is 1. The Morgan fingerprint density at radius 1 is 0.966 bits per heavy atom. The van der Waals surface area contributed by atoms with Gasteiger partial charge in [0, 0.05) is 18.7 Å². The summed E-state index contributed by atoms with van der Waals surface area (Å²) >= 11 is 3.51. The molecule has 0 aliphatic carbocycles. The fourth-order valence-electron chi connectivity index (χ4n) is 3.33. The molecule has 1 aliphatic heterocycles. The molecule has 0 fully saturated rings. The maximum Gasteiger partial charge on any atom is 0.244 e. The molecule has 29 heavy (non-hydrogen) atoms. The molecule has 1 heterocycles. The Labute approximate surface area is 179 Å². The van der Waals surface area contributed by atoms with E-state index in [0.29, 0.717) is 22.8 Å². The van der Waals surface area contributed by atoms with E-state index in [9.17, 15) is 8.42 Å². The largest absolute Gasteiger partial charge is 0.497 e. The topological polar surface area (TPSA) is 55.8 Å². The molecular weight excluding hydrogens is 454 g/mol. The van der Waals surface area contributed by atoms with E-state index >= 15 is 0 Å². The summed E-state index contributed by atoms with van der Waals surface area (Å²) in [6.07, 6.45) is 0. The molecule has 1 aliphatic rings. The maximum atomic E-state index is 13.1. The van der Waals surface area contributed by atoms with Gasteiger partial charge >= 0.3 is 0 Å². The van der Waals surface area contributed by atoms with Crippen LogP contribution in [0.4, 0.5) is 0 Å². The normalized spacial score (nSPS) is 15.1. The Morgan fingerprint density at radius 2 is 1.69 bits per heavy atom. The monoisotopic (exact) mass is 473 g/mol. The van der Waals surface area contributed by atoms with Crippen LogP contribution >= 0.6 is 15.9 Å². The number of fused-ring (bicyclic) bond motifs is 1. The first-order valence-corrected chi connectivity index (χ1v) is 11.3. The highest BCUT2D eigenvalue weighted by molar-refractivity contribution is 9.10. The Balaban J connectivity index is 1.60. The second-order valence-corrected chi connectivity index (χ2v) is 9.51. The number of benzene rings is 3. The highest BCUT2D eigenvalue weighted by Gasteiger charge is 2.37. The van der Waals surface area contributed by atoms with Gasteiger partial charge in [-0.1, -0.05) is 42.5 Å². The van der Waals surface area contributed by atoms with Crippen molar-refractivity contribution >= 4 is 26.0 Å². The molecule has 0 atom stereocenters. The van der Waals surface area contributed by atoms with Gasteiger partial charge < -0.3 is 9.47 Å². The van der Waals surface area contributed by atoms with Crippen LogP contribution in [0.25, 0.3) is 0 Å². The van der Waals surface area contributed by atoms with Crippen molar-refractivity contribution in [1.82, 2.24) is 4.31 Å². The molecule has 3 aromatic carbocycles. The lowest BCUT2D eigenvalue weighted by molar-refractivity contribution is 0.296. The van der Waals surface area contributed by atoms with Gasteiger partial charge in [-0.15, -0.1) is 0 Å². The van der Waals surface area contributed by atoms with Gasteiger partial charge in [0.05, 0.1) is 16.5 Å². The van der Waals surface area contributed by atoms with E-state index in [4.69, 9.17) is 9.47 Å². The van der Waals surface area contributed by atoms with Crippen molar-refractivity contribution in [2.24, 2.45) is 0 Å². The molecule has 0 saturated heterocycles. The van der Waals surface area contributed by atoms with Gasteiger partial charge in [0.1, 0.15) is 18.1 Å². The zero-order chi connectivity index (χ0) is 20.4. The van der Waals surface area contributed by atoms with Crippen molar-refractivity contribution in [2.45, 2.75) is 24.6 Å². The van der Waals surface area contributed by atoms with Gasteiger partial charge in [-0.05, 0) is 51.3 Å². The predicted octanol–water partition coefficient (Wildman–Crippen LogP) is 4.74. The zero-order valence-electron chi connectivity index (χ0n) is 15.8. The summed E-state index contributed by atoms with van der Waals surface area (Å²) in [5, 5.41) is 0. The molecule has 5 nitrogen and oxygen atoms in total. The van der Waals surface area contributed by atoms with Crippen molar-refractivity contribution in [1.29, 1.82) is 0 Å². The summed E-state index contributed by atoms with van der Waals surface area (Å²) in [7, 11) is -1.98. The third-order valence-electron chi connectivity index (χ3n) is 4.87. The van der Waals surface area contributed by atoms with E-state index in [2.05, 4.69) is 15.9 Å². The molecule has 0 unspecified atom stereocenters. The average Bonchev–Trinajstić information content (AvgIpc) is 2.98. The average molecular weight is 474 g/mol. The van der Waals surface area contributed by atoms with Crippen LogP contribution in [0, 0.1) is 0 Å². The molecule has 150 valence electrons. The minimum absolute atomic E-state index is 0.271. The standard InChI is InChI=1S/C22H20BrNO4S/c1-27-18-9-7-16(8-10-18)13-24-14-19-21(29(24,25)26)12-11-20(23)22(19)28-15-17-5-3-2-4-6-17/h2-12H,13-15H2,1H3. The number of hydrogen-bond acceptors (Lipinski definition) is 4. The van der Waals surface area contributed by atoms with Crippen LogP contribution in [0.5, 0.6) is 11.5 Å². The molecule has 0 saturated carbocycles. The second kappa shape index (κ2) is 8.18. The van der Waals surface area contributed by atoms with E-state index in [1.165, 1.54) is 4.31 Å².